The highest BCUT2D eigenvalue weighted by Crippen LogP contribution is 2.21. The van der Waals surface area contributed by atoms with E-state index in [2.05, 4.69) is 9.97 Å². The number of aromatic nitrogens is 2. The lowest BCUT2D eigenvalue weighted by Gasteiger charge is -2.16. The van der Waals surface area contributed by atoms with Gasteiger partial charge in [0.25, 0.3) is 5.91 Å². The summed E-state index contributed by atoms with van der Waals surface area (Å²) < 4.78 is 46.1. The van der Waals surface area contributed by atoms with E-state index in [0.717, 1.165) is 0 Å². The van der Waals surface area contributed by atoms with Crippen molar-refractivity contribution in [2.75, 3.05) is 13.1 Å². The number of imidazole rings is 1. The molecule has 27 heavy (non-hydrogen) atoms. The molecule has 0 aliphatic carbocycles. The number of nitrogens with one attached hydrogen (secondary N) is 1. The number of fused-ring (bicyclic) bond motifs is 1. The van der Waals surface area contributed by atoms with Crippen molar-refractivity contribution in [1.82, 2.24) is 14.9 Å². The second kappa shape index (κ2) is 7.03. The lowest BCUT2D eigenvalue weighted by molar-refractivity contribution is 0.00887. The van der Waals surface area contributed by atoms with E-state index >= 15 is 0 Å². The Morgan fingerprint density at radius 3 is 2.67 bits per heavy atom. The van der Waals surface area contributed by atoms with E-state index in [4.69, 9.17) is 4.74 Å². The summed E-state index contributed by atoms with van der Waals surface area (Å²) in [5.41, 5.74) is 1.42. The van der Waals surface area contributed by atoms with Crippen molar-refractivity contribution in [3.63, 3.8) is 0 Å². The molecule has 0 bridgehead atoms. The van der Waals surface area contributed by atoms with Gasteiger partial charge in [-0.15, -0.1) is 0 Å². The van der Waals surface area contributed by atoms with Crippen LogP contribution in [0.25, 0.3) is 11.0 Å². The number of likely N-dealkylation sites (tertiary alicyclic amines) is 1. The van der Waals surface area contributed by atoms with Crippen LogP contribution in [-0.2, 0) is 11.3 Å². The first kappa shape index (κ1) is 17.5. The van der Waals surface area contributed by atoms with Crippen LogP contribution in [0.3, 0.4) is 0 Å². The third kappa shape index (κ3) is 3.66. The Kier molecular flexibility index (Phi) is 4.57. The van der Waals surface area contributed by atoms with Crippen molar-refractivity contribution in [3.8, 4) is 0 Å². The first-order valence-electron chi connectivity index (χ1n) is 8.44. The Morgan fingerprint density at radius 1 is 1.15 bits per heavy atom. The number of alkyl halides is 1. The number of nitrogens with zero attached hydrogens (tertiary/aromatic N) is 2. The largest absolute Gasteiger partial charge is 0.365 e. The maximum atomic E-state index is 14.3. The highest BCUT2D eigenvalue weighted by molar-refractivity contribution is 5.94. The predicted octanol–water partition coefficient (Wildman–Crippen LogP) is 3.22. The summed E-state index contributed by atoms with van der Waals surface area (Å²) >= 11 is 0. The molecule has 1 aliphatic heterocycles. The number of carbonyl (C=O) groups is 1. The number of H-pyrrole nitrogens is 1. The number of carbonyl (C=O) groups excluding carboxylic acids is 1. The molecule has 1 N–H and O–H groups in total. The third-order valence-electron chi connectivity index (χ3n) is 4.50. The Balaban J connectivity index is 1.39. The molecule has 4 rings (SSSR count). The van der Waals surface area contributed by atoms with E-state index < -0.39 is 18.1 Å². The summed E-state index contributed by atoms with van der Waals surface area (Å²) in [6, 6.07) is 9.29. The Morgan fingerprint density at radius 2 is 1.89 bits per heavy atom. The molecular weight excluding hydrogens is 359 g/mol. The molecule has 1 aliphatic rings. The van der Waals surface area contributed by atoms with Crippen LogP contribution in [-0.4, -0.2) is 46.1 Å². The maximum absolute atomic E-state index is 14.3. The van der Waals surface area contributed by atoms with Gasteiger partial charge < -0.3 is 14.6 Å². The summed E-state index contributed by atoms with van der Waals surface area (Å²) in [4.78, 5) is 20.9. The molecule has 2 atom stereocenters. The summed E-state index contributed by atoms with van der Waals surface area (Å²) in [6.07, 6.45) is -2.13. The molecule has 140 valence electrons. The lowest BCUT2D eigenvalue weighted by atomic mass is 10.2. The van der Waals surface area contributed by atoms with Gasteiger partial charge in [-0.1, -0.05) is 0 Å². The van der Waals surface area contributed by atoms with Crippen molar-refractivity contribution < 1.29 is 22.7 Å². The number of hydrogen-bond donors (Lipinski definition) is 1. The molecule has 1 amide bonds. The van der Waals surface area contributed by atoms with Gasteiger partial charge in [-0.25, -0.2) is 18.2 Å². The molecule has 8 heteroatoms. The highest BCUT2D eigenvalue weighted by atomic mass is 19.1. The van der Waals surface area contributed by atoms with Gasteiger partial charge in [-0.05, 0) is 42.5 Å². The number of aromatic amines is 1. The van der Waals surface area contributed by atoms with Crippen molar-refractivity contribution in [2.24, 2.45) is 0 Å². The average molecular weight is 375 g/mol. The van der Waals surface area contributed by atoms with Gasteiger partial charge >= 0.3 is 0 Å². The second-order valence-corrected chi connectivity index (χ2v) is 6.43. The smallest absolute Gasteiger partial charge is 0.254 e. The van der Waals surface area contributed by atoms with Crippen LogP contribution in [0, 0.1) is 11.6 Å². The maximum Gasteiger partial charge on any atom is 0.254 e. The summed E-state index contributed by atoms with van der Waals surface area (Å²) in [5.74, 6) is -0.745. The molecule has 2 heterocycles. The number of hydrogen-bond acceptors (Lipinski definition) is 3. The quantitative estimate of drug-likeness (QED) is 0.762. The third-order valence-corrected chi connectivity index (χ3v) is 4.50. The first-order valence-corrected chi connectivity index (χ1v) is 8.44. The van der Waals surface area contributed by atoms with Crippen molar-refractivity contribution in [2.45, 2.75) is 18.9 Å². The van der Waals surface area contributed by atoms with Crippen molar-refractivity contribution in [1.29, 1.82) is 0 Å². The number of rotatable bonds is 4. The fraction of sp³-hybridized carbons (Fsp3) is 0.263. The van der Waals surface area contributed by atoms with Gasteiger partial charge in [0, 0.05) is 5.56 Å². The van der Waals surface area contributed by atoms with Crippen LogP contribution in [0.5, 0.6) is 0 Å². The van der Waals surface area contributed by atoms with Crippen molar-refractivity contribution in [3.05, 3.63) is 65.5 Å². The number of amides is 1. The van der Waals surface area contributed by atoms with Crippen LogP contribution in [0.1, 0.15) is 16.2 Å². The second-order valence-electron chi connectivity index (χ2n) is 6.43. The fourth-order valence-electron chi connectivity index (χ4n) is 3.12. The van der Waals surface area contributed by atoms with Gasteiger partial charge in [0.05, 0.1) is 24.1 Å². The summed E-state index contributed by atoms with van der Waals surface area (Å²) in [7, 11) is 0. The Labute approximate surface area is 152 Å². The molecule has 1 saturated heterocycles. The zero-order chi connectivity index (χ0) is 19.0. The standard InChI is InChI=1S/C19H16F3N3O2/c20-12-3-1-11(2-4-12)19(26)25-8-14(22)17(9-25)27-10-18-23-15-6-5-13(21)7-16(15)24-18/h1-7,14,17H,8-10H2,(H,23,24)/t14-,17+/m1/s1. The van der Waals surface area contributed by atoms with Crippen LogP contribution in [0.4, 0.5) is 13.2 Å². The van der Waals surface area contributed by atoms with E-state index in [9.17, 15) is 18.0 Å². The minimum Gasteiger partial charge on any atom is -0.365 e. The average Bonchev–Trinajstić information content (AvgIpc) is 3.22. The normalized spacial score (nSPS) is 19.7. The minimum atomic E-state index is -1.34. The molecule has 0 unspecified atom stereocenters. The van der Waals surface area contributed by atoms with Gasteiger partial charge in [0.2, 0.25) is 0 Å². The molecule has 0 spiro atoms. The molecule has 0 radical (unpaired) electrons. The molecule has 1 fully saturated rings. The van der Waals surface area contributed by atoms with E-state index in [1.807, 2.05) is 0 Å². The molecule has 2 aromatic carbocycles. The Bertz CT molecular complexity index is 974. The molecule has 3 aromatic rings. The van der Waals surface area contributed by atoms with Crippen LogP contribution < -0.4 is 0 Å². The zero-order valence-corrected chi connectivity index (χ0v) is 14.2. The fourth-order valence-corrected chi connectivity index (χ4v) is 3.12. The van der Waals surface area contributed by atoms with Crippen LogP contribution in [0.2, 0.25) is 0 Å². The van der Waals surface area contributed by atoms with Gasteiger partial charge in [0.15, 0.2) is 0 Å². The monoisotopic (exact) mass is 375 g/mol. The van der Waals surface area contributed by atoms with Crippen molar-refractivity contribution >= 4 is 16.9 Å². The summed E-state index contributed by atoms with van der Waals surface area (Å²) in [5, 5.41) is 0. The van der Waals surface area contributed by atoms with Crippen LogP contribution >= 0.6 is 0 Å². The van der Waals surface area contributed by atoms with E-state index in [-0.39, 0.29) is 31.4 Å². The predicted molar refractivity (Wildman–Crippen MR) is 91.8 cm³/mol. The molecular formula is C19H16F3N3O2. The van der Waals surface area contributed by atoms with Gasteiger partial charge in [-0.2, -0.15) is 0 Å². The molecule has 5 nitrogen and oxygen atoms in total. The number of halogens is 3. The highest BCUT2D eigenvalue weighted by Gasteiger charge is 2.36. The number of ether oxygens (including phenoxy) is 1. The SMILES string of the molecule is O=C(c1ccc(F)cc1)N1C[C@@H](F)[C@@H](OCc2nc3ccc(F)cc3[nH]2)C1. The number of benzene rings is 2. The Hall–Kier alpha value is -2.87. The van der Waals surface area contributed by atoms with Gasteiger partial charge in [0.1, 0.15) is 36.3 Å². The lowest BCUT2D eigenvalue weighted by Crippen LogP contribution is -2.30. The van der Waals surface area contributed by atoms with E-state index in [0.29, 0.717) is 22.4 Å². The summed E-state index contributed by atoms with van der Waals surface area (Å²) in [6.45, 7) is 0.0123. The molecule has 0 saturated carbocycles. The van der Waals surface area contributed by atoms with E-state index in [1.165, 1.54) is 41.3 Å². The first-order chi connectivity index (χ1) is 13.0. The van der Waals surface area contributed by atoms with E-state index in [1.54, 1.807) is 6.07 Å². The minimum absolute atomic E-state index is 0.0139. The topological polar surface area (TPSA) is 58.2 Å². The van der Waals surface area contributed by atoms with Gasteiger partial charge in [-0.3, -0.25) is 4.79 Å². The molecule has 1 aromatic heterocycles. The zero-order valence-electron chi connectivity index (χ0n) is 14.2. The van der Waals surface area contributed by atoms with Crippen LogP contribution in [0.15, 0.2) is 42.5 Å².